The highest BCUT2D eigenvalue weighted by molar-refractivity contribution is 9.11. The van der Waals surface area contributed by atoms with Crippen molar-refractivity contribution in [1.29, 1.82) is 0 Å². The molecular weight excluding hydrogens is 516 g/mol. The van der Waals surface area contributed by atoms with E-state index in [0.29, 0.717) is 17.9 Å². The Morgan fingerprint density at radius 3 is 2.50 bits per heavy atom. The molecule has 0 radical (unpaired) electrons. The maximum Gasteiger partial charge on any atom is 0.279 e. The molecule has 0 saturated heterocycles. The second-order valence-electron chi connectivity index (χ2n) is 6.40. The average molecular weight is 536 g/mol. The fourth-order valence-corrected chi connectivity index (χ4v) is 3.72. The molecule has 0 spiro atoms. The average Bonchev–Trinajstić information content (AvgIpc) is 2.76. The van der Waals surface area contributed by atoms with Crippen LogP contribution >= 0.6 is 31.9 Å². The van der Waals surface area contributed by atoms with Crippen molar-refractivity contribution in [2.75, 3.05) is 6.61 Å². The number of rotatable bonds is 7. The highest BCUT2D eigenvalue weighted by atomic mass is 79.9. The van der Waals surface area contributed by atoms with Crippen LogP contribution in [-0.2, 0) is 9.59 Å². The van der Waals surface area contributed by atoms with Crippen LogP contribution in [0.4, 0.5) is 0 Å². The summed E-state index contributed by atoms with van der Waals surface area (Å²) in [5.74, 6) is 0.195. The van der Waals surface area contributed by atoms with Crippen LogP contribution in [0.15, 0.2) is 69.6 Å². The monoisotopic (exact) mass is 534 g/mol. The summed E-state index contributed by atoms with van der Waals surface area (Å²) in [6.07, 6.45) is -0.268. The van der Waals surface area contributed by atoms with E-state index in [0.717, 1.165) is 19.7 Å². The largest absolute Gasteiger partial charge is 0.483 e. The second-order valence-corrected chi connectivity index (χ2v) is 8.11. The number of carbonyl (C=O) groups is 2. The van der Waals surface area contributed by atoms with Crippen LogP contribution in [0.5, 0.6) is 11.5 Å². The molecule has 6 nitrogen and oxygen atoms in total. The van der Waals surface area contributed by atoms with E-state index >= 15 is 0 Å². The van der Waals surface area contributed by atoms with Crippen LogP contribution in [-0.4, -0.2) is 24.5 Å². The maximum absolute atomic E-state index is 12.3. The number of hydrogen-bond donors (Lipinski definition) is 2. The van der Waals surface area contributed by atoms with Gasteiger partial charge in [0.2, 0.25) is 0 Å². The van der Waals surface area contributed by atoms with Crippen molar-refractivity contribution < 1.29 is 19.1 Å². The number of benzene rings is 3. The van der Waals surface area contributed by atoms with E-state index < -0.39 is 17.9 Å². The molecule has 1 unspecified atom stereocenters. The van der Waals surface area contributed by atoms with Crippen molar-refractivity contribution in [3.63, 3.8) is 0 Å². The molecule has 0 aliphatic carbocycles. The van der Waals surface area contributed by atoms with Crippen LogP contribution < -0.4 is 20.3 Å². The Kier molecular flexibility index (Phi) is 7.70. The van der Waals surface area contributed by atoms with Gasteiger partial charge in [0.05, 0.1) is 4.47 Å². The number of hydrogen-bond acceptors (Lipinski definition) is 4. The molecule has 0 aliphatic heterocycles. The summed E-state index contributed by atoms with van der Waals surface area (Å²) >= 11 is 6.97. The molecule has 0 fully saturated rings. The predicted molar refractivity (Wildman–Crippen MR) is 122 cm³/mol. The standard InChI is InChI=1S/C22H20Br2N2O4/c1-2-18(30-16-6-4-3-5-7-16)22(28)26-25-20(27)13-29-19-11-8-14-12-15(23)9-10-17(14)21(19)24/h3-12,18H,2,13H2,1H3,(H,25,27)(H,26,28). The van der Waals surface area contributed by atoms with Gasteiger partial charge in [-0.25, -0.2) is 0 Å². The first kappa shape index (κ1) is 22.1. The number of fused-ring (bicyclic) bond motifs is 1. The van der Waals surface area contributed by atoms with Crippen LogP contribution in [0.1, 0.15) is 13.3 Å². The molecule has 0 aliphatic rings. The molecule has 156 valence electrons. The molecule has 30 heavy (non-hydrogen) atoms. The lowest BCUT2D eigenvalue weighted by molar-refractivity contribution is -0.134. The zero-order valence-electron chi connectivity index (χ0n) is 16.2. The van der Waals surface area contributed by atoms with Crippen molar-refractivity contribution in [3.8, 4) is 11.5 Å². The molecular formula is C22H20Br2N2O4. The number of ether oxygens (including phenoxy) is 2. The smallest absolute Gasteiger partial charge is 0.279 e. The fraction of sp³-hybridized carbons (Fsp3) is 0.182. The van der Waals surface area contributed by atoms with E-state index in [1.165, 1.54) is 0 Å². The van der Waals surface area contributed by atoms with Crippen molar-refractivity contribution >= 4 is 54.4 Å². The van der Waals surface area contributed by atoms with Crippen molar-refractivity contribution in [3.05, 3.63) is 69.6 Å². The number of amides is 2. The van der Waals surface area contributed by atoms with Crippen LogP contribution in [0.25, 0.3) is 10.8 Å². The highest BCUT2D eigenvalue weighted by Gasteiger charge is 2.19. The van der Waals surface area contributed by atoms with E-state index in [-0.39, 0.29) is 6.61 Å². The first-order valence-corrected chi connectivity index (χ1v) is 10.9. The van der Waals surface area contributed by atoms with E-state index in [1.54, 1.807) is 18.2 Å². The topological polar surface area (TPSA) is 76.7 Å². The fourth-order valence-electron chi connectivity index (χ4n) is 2.73. The lowest BCUT2D eigenvalue weighted by Gasteiger charge is -2.17. The van der Waals surface area contributed by atoms with E-state index in [1.807, 2.05) is 49.4 Å². The zero-order chi connectivity index (χ0) is 21.5. The Morgan fingerprint density at radius 2 is 1.77 bits per heavy atom. The SMILES string of the molecule is CCC(Oc1ccccc1)C(=O)NNC(=O)COc1ccc2cc(Br)ccc2c1Br. The first-order valence-electron chi connectivity index (χ1n) is 9.29. The lowest BCUT2D eigenvalue weighted by Crippen LogP contribution is -2.49. The van der Waals surface area contributed by atoms with Gasteiger partial charge in [-0.2, -0.15) is 0 Å². The van der Waals surface area contributed by atoms with Crippen molar-refractivity contribution in [1.82, 2.24) is 10.9 Å². The highest BCUT2D eigenvalue weighted by Crippen LogP contribution is 2.34. The molecule has 3 rings (SSSR count). The van der Waals surface area contributed by atoms with Crippen LogP contribution in [0.3, 0.4) is 0 Å². The minimum atomic E-state index is -0.720. The molecule has 0 saturated carbocycles. The summed E-state index contributed by atoms with van der Waals surface area (Å²) in [5.41, 5.74) is 4.73. The summed E-state index contributed by atoms with van der Waals surface area (Å²) in [5, 5.41) is 2.00. The van der Waals surface area contributed by atoms with Gasteiger partial charge in [-0.05, 0) is 63.5 Å². The Morgan fingerprint density at radius 1 is 1.00 bits per heavy atom. The molecule has 0 heterocycles. The van der Waals surface area contributed by atoms with Gasteiger partial charge in [-0.1, -0.05) is 53.2 Å². The second kappa shape index (κ2) is 10.4. The molecule has 2 N–H and O–H groups in total. The first-order chi connectivity index (χ1) is 14.5. The quantitative estimate of drug-likeness (QED) is 0.428. The van der Waals surface area contributed by atoms with E-state index in [2.05, 4.69) is 42.7 Å². The Balaban J connectivity index is 1.52. The lowest BCUT2D eigenvalue weighted by atomic mass is 10.1. The third kappa shape index (κ3) is 5.73. The molecule has 0 bridgehead atoms. The Hall–Kier alpha value is -2.58. The number of halogens is 2. The number of nitrogens with one attached hydrogen (secondary N) is 2. The minimum absolute atomic E-state index is 0.253. The van der Waals surface area contributed by atoms with Crippen molar-refractivity contribution in [2.24, 2.45) is 0 Å². The molecule has 1 atom stereocenters. The van der Waals surface area contributed by atoms with Crippen molar-refractivity contribution in [2.45, 2.75) is 19.4 Å². The molecule has 3 aromatic carbocycles. The number of para-hydroxylation sites is 1. The molecule has 3 aromatic rings. The predicted octanol–water partition coefficient (Wildman–Crippen LogP) is 4.75. The van der Waals surface area contributed by atoms with E-state index in [9.17, 15) is 9.59 Å². The molecule has 0 aromatic heterocycles. The van der Waals surface area contributed by atoms with E-state index in [4.69, 9.17) is 9.47 Å². The zero-order valence-corrected chi connectivity index (χ0v) is 19.3. The number of hydrazine groups is 1. The van der Waals surface area contributed by atoms with Gasteiger partial charge in [0.15, 0.2) is 12.7 Å². The van der Waals surface area contributed by atoms with Gasteiger partial charge < -0.3 is 9.47 Å². The minimum Gasteiger partial charge on any atom is -0.483 e. The Bertz CT molecular complexity index is 1040. The maximum atomic E-state index is 12.3. The third-order valence-corrected chi connectivity index (χ3v) is 5.56. The number of carbonyl (C=O) groups excluding carboxylic acids is 2. The van der Waals surface area contributed by atoms with Gasteiger partial charge >= 0.3 is 0 Å². The summed E-state index contributed by atoms with van der Waals surface area (Å²) in [4.78, 5) is 24.4. The summed E-state index contributed by atoms with van der Waals surface area (Å²) < 4.78 is 13.0. The third-order valence-electron chi connectivity index (χ3n) is 4.25. The normalized spacial score (nSPS) is 11.6. The van der Waals surface area contributed by atoms with Gasteiger partial charge in [0.25, 0.3) is 11.8 Å². The van der Waals surface area contributed by atoms with Gasteiger partial charge in [0.1, 0.15) is 11.5 Å². The van der Waals surface area contributed by atoms with Gasteiger partial charge in [-0.15, -0.1) is 0 Å². The summed E-state index contributed by atoms with van der Waals surface area (Å²) in [6, 6.07) is 18.6. The van der Waals surface area contributed by atoms with Gasteiger partial charge in [-0.3, -0.25) is 20.4 Å². The summed E-state index contributed by atoms with van der Waals surface area (Å²) in [6.45, 7) is 1.57. The summed E-state index contributed by atoms with van der Waals surface area (Å²) in [7, 11) is 0. The van der Waals surface area contributed by atoms with Crippen LogP contribution in [0.2, 0.25) is 0 Å². The van der Waals surface area contributed by atoms with Crippen LogP contribution in [0, 0.1) is 0 Å². The molecule has 8 heteroatoms. The molecule has 2 amide bonds. The Labute approximate surface area is 191 Å². The van der Waals surface area contributed by atoms with Gasteiger partial charge in [0, 0.05) is 4.47 Å².